The second-order valence-electron chi connectivity index (χ2n) is 3.17. The summed E-state index contributed by atoms with van der Waals surface area (Å²) in [6.07, 6.45) is 3.18. The zero-order valence-corrected chi connectivity index (χ0v) is 11.6. The van der Waals surface area contributed by atoms with Gasteiger partial charge in [0.05, 0.1) is 17.5 Å². The third kappa shape index (κ3) is 1.94. The second kappa shape index (κ2) is 4.45. The van der Waals surface area contributed by atoms with Crippen LogP contribution in [0.2, 0.25) is 0 Å². The molecule has 2 heterocycles. The molecule has 16 heavy (non-hydrogen) atoms. The van der Waals surface area contributed by atoms with Crippen LogP contribution in [0.1, 0.15) is 5.01 Å². The van der Waals surface area contributed by atoms with Gasteiger partial charge in [-0.15, -0.1) is 18.2 Å². The zero-order valence-electron chi connectivity index (χ0n) is 8.35. The molecule has 0 aliphatic heterocycles. The van der Waals surface area contributed by atoms with Gasteiger partial charge in [0, 0.05) is 25.6 Å². The van der Waals surface area contributed by atoms with Crippen LogP contribution in [-0.4, -0.2) is 9.97 Å². The van der Waals surface area contributed by atoms with Crippen LogP contribution in [0.4, 0.5) is 0 Å². The summed E-state index contributed by atoms with van der Waals surface area (Å²) in [5, 5.41) is 1.06. The number of benzene rings is 1. The van der Waals surface area contributed by atoms with Crippen LogP contribution in [0, 0.1) is 13.0 Å². The number of nitrogens with zero attached hydrogens (tertiary/aromatic N) is 2. The normalized spacial score (nSPS) is 10.3. The summed E-state index contributed by atoms with van der Waals surface area (Å²) in [6, 6.07) is 7.02. The number of aryl methyl sites for hydroxylation is 1. The number of hydrogen-bond acceptors (Lipinski definition) is 4. The largest absolute Gasteiger partial charge is 0.489 e. The molecule has 0 saturated carbocycles. The molecule has 0 bridgehead atoms. The molecule has 0 amide bonds. The van der Waals surface area contributed by atoms with Crippen molar-refractivity contribution in [3.63, 3.8) is 0 Å². The van der Waals surface area contributed by atoms with Gasteiger partial charge in [-0.1, -0.05) is 5.56 Å². The fourth-order valence-corrected chi connectivity index (χ4v) is 2.26. The van der Waals surface area contributed by atoms with E-state index in [4.69, 9.17) is 4.42 Å². The Morgan fingerprint density at radius 2 is 2.31 bits per heavy atom. The maximum atomic E-state index is 5.21. The summed E-state index contributed by atoms with van der Waals surface area (Å²) in [5.41, 5.74) is 1.82. The summed E-state index contributed by atoms with van der Waals surface area (Å²) in [5.74, 6) is 0.586. The molecule has 0 atom stereocenters. The number of aromatic nitrogens is 2. The van der Waals surface area contributed by atoms with Gasteiger partial charge >= 0.3 is 0 Å². The minimum Gasteiger partial charge on any atom is -0.489 e. The van der Waals surface area contributed by atoms with E-state index in [-0.39, 0.29) is 20.1 Å². The molecule has 1 aromatic carbocycles. The molecule has 3 rings (SSSR count). The Kier molecular flexibility index (Phi) is 3.19. The first kappa shape index (κ1) is 11.5. The van der Waals surface area contributed by atoms with Gasteiger partial charge in [-0.05, 0) is 11.6 Å². The van der Waals surface area contributed by atoms with Crippen molar-refractivity contribution >= 4 is 21.6 Å². The Morgan fingerprint density at radius 3 is 3.06 bits per heavy atom. The predicted molar refractivity (Wildman–Crippen MR) is 58.7 cm³/mol. The molecule has 0 unspecified atom stereocenters. The summed E-state index contributed by atoms with van der Waals surface area (Å²) in [4.78, 5) is 8.49. The first-order valence-corrected chi connectivity index (χ1v) is 5.33. The fourth-order valence-electron chi connectivity index (χ4n) is 1.47. The second-order valence-corrected chi connectivity index (χ2v) is 4.40. The van der Waals surface area contributed by atoms with Gasteiger partial charge in [-0.3, -0.25) is 9.97 Å². The van der Waals surface area contributed by atoms with Gasteiger partial charge in [-0.25, -0.2) is 0 Å². The Balaban J connectivity index is 0.000000963. The van der Waals surface area contributed by atoms with Crippen LogP contribution in [0.5, 0.6) is 0 Å². The van der Waals surface area contributed by atoms with E-state index < -0.39 is 0 Å². The number of thiazole rings is 1. The van der Waals surface area contributed by atoms with Crippen molar-refractivity contribution in [1.29, 1.82) is 0 Å². The molecule has 2 aromatic heterocycles. The van der Waals surface area contributed by atoms with Crippen LogP contribution < -0.4 is 0 Å². The summed E-state index contributed by atoms with van der Waals surface area (Å²) in [7, 11) is 0. The molecule has 0 N–H and O–H groups in total. The van der Waals surface area contributed by atoms with E-state index in [0.717, 1.165) is 20.8 Å². The zero-order chi connectivity index (χ0) is 10.3. The standard InChI is InChI=1S/C11H7N2OS.Ir/c1-7-13-9-6-8(2-3-10(9)15-7)11-12-4-5-14-11;/h3-6H,1H3;/q-1;. The summed E-state index contributed by atoms with van der Waals surface area (Å²) < 4.78 is 6.35. The molecule has 3 nitrogen and oxygen atoms in total. The Hall–Kier alpha value is -1.03. The first-order chi connectivity index (χ1) is 7.33. The molecule has 0 fully saturated rings. The molecule has 0 saturated heterocycles. The Labute approximate surface area is 110 Å². The van der Waals surface area contributed by atoms with E-state index in [0.29, 0.717) is 5.89 Å². The van der Waals surface area contributed by atoms with Crippen LogP contribution >= 0.6 is 11.3 Å². The Morgan fingerprint density at radius 1 is 1.44 bits per heavy atom. The van der Waals surface area contributed by atoms with Crippen molar-refractivity contribution in [2.75, 3.05) is 0 Å². The Bertz CT molecular complexity index is 604. The minimum absolute atomic E-state index is 0. The number of fused-ring (bicyclic) bond motifs is 1. The fraction of sp³-hybridized carbons (Fsp3) is 0.0909. The molecule has 0 aliphatic rings. The van der Waals surface area contributed by atoms with E-state index in [1.165, 1.54) is 0 Å². The van der Waals surface area contributed by atoms with Gasteiger partial charge < -0.3 is 4.42 Å². The molecule has 1 radical (unpaired) electrons. The number of rotatable bonds is 1. The quantitative estimate of drug-likeness (QED) is 0.582. The average Bonchev–Trinajstić information content (AvgIpc) is 2.82. The summed E-state index contributed by atoms with van der Waals surface area (Å²) in [6.45, 7) is 2.00. The molecule has 0 spiro atoms. The smallest absolute Gasteiger partial charge is 0.140 e. The van der Waals surface area contributed by atoms with E-state index in [1.807, 2.05) is 19.1 Å². The molecular weight excluding hydrogens is 400 g/mol. The average molecular weight is 407 g/mol. The maximum absolute atomic E-state index is 5.21. The number of oxazole rings is 1. The van der Waals surface area contributed by atoms with Crippen LogP contribution in [-0.2, 0) is 20.1 Å². The third-order valence-corrected chi connectivity index (χ3v) is 3.02. The SMILES string of the molecule is Cc1nc2cc(-c3ncco3)[c-]cc2s1.[Ir]. The maximum Gasteiger partial charge on any atom is 0.140 e. The van der Waals surface area contributed by atoms with Gasteiger partial charge in [-0.2, -0.15) is 11.3 Å². The molecule has 3 aromatic rings. The van der Waals surface area contributed by atoms with Gasteiger partial charge in [0.25, 0.3) is 0 Å². The van der Waals surface area contributed by atoms with Crippen LogP contribution in [0.15, 0.2) is 29.0 Å². The van der Waals surface area contributed by atoms with E-state index >= 15 is 0 Å². The van der Waals surface area contributed by atoms with Gasteiger partial charge in [0.2, 0.25) is 0 Å². The molecule has 5 heteroatoms. The first-order valence-electron chi connectivity index (χ1n) is 4.52. The molecule has 83 valence electrons. The van der Waals surface area contributed by atoms with E-state index in [1.54, 1.807) is 23.8 Å². The van der Waals surface area contributed by atoms with Crippen molar-refractivity contribution in [2.45, 2.75) is 6.92 Å². The molecule has 0 aliphatic carbocycles. The monoisotopic (exact) mass is 408 g/mol. The van der Waals surface area contributed by atoms with E-state index in [2.05, 4.69) is 16.0 Å². The predicted octanol–water partition coefficient (Wildman–Crippen LogP) is 3.06. The number of hydrogen-bond donors (Lipinski definition) is 0. The van der Waals surface area contributed by atoms with Crippen molar-refractivity contribution in [1.82, 2.24) is 9.97 Å². The van der Waals surface area contributed by atoms with Crippen LogP contribution in [0.3, 0.4) is 0 Å². The van der Waals surface area contributed by atoms with Gasteiger partial charge in [0.1, 0.15) is 5.89 Å². The topological polar surface area (TPSA) is 38.9 Å². The van der Waals surface area contributed by atoms with Crippen molar-refractivity contribution in [2.24, 2.45) is 0 Å². The van der Waals surface area contributed by atoms with Crippen molar-refractivity contribution in [3.8, 4) is 11.5 Å². The summed E-state index contributed by atoms with van der Waals surface area (Å²) >= 11 is 1.66. The molecular formula is C11H7IrN2OS-. The van der Waals surface area contributed by atoms with Crippen LogP contribution in [0.25, 0.3) is 21.7 Å². The van der Waals surface area contributed by atoms with Crippen molar-refractivity contribution < 1.29 is 24.5 Å². The minimum atomic E-state index is 0. The van der Waals surface area contributed by atoms with Crippen molar-refractivity contribution in [3.05, 3.63) is 35.7 Å². The third-order valence-electron chi connectivity index (χ3n) is 2.09. The van der Waals surface area contributed by atoms with E-state index in [9.17, 15) is 0 Å². The van der Waals surface area contributed by atoms with Gasteiger partial charge in [0.15, 0.2) is 0 Å².